The molecule has 0 aliphatic carbocycles. The van der Waals surface area contributed by atoms with Crippen LogP contribution in [0.25, 0.3) is 0 Å². The topological polar surface area (TPSA) is 55.1 Å². The molecule has 0 amide bonds. The molecule has 0 bridgehead atoms. The molecule has 0 radical (unpaired) electrons. The summed E-state index contributed by atoms with van der Waals surface area (Å²) >= 11 is 0. The summed E-state index contributed by atoms with van der Waals surface area (Å²) in [6.45, 7) is -0.872. The number of halogens is 3. The van der Waals surface area contributed by atoms with Crippen LogP contribution in [0.3, 0.4) is 0 Å². The zero-order valence-corrected chi connectivity index (χ0v) is 6.25. The quantitative estimate of drug-likeness (QED) is 0.695. The van der Waals surface area contributed by atoms with Gasteiger partial charge in [0.05, 0.1) is 0 Å². The van der Waals surface area contributed by atoms with E-state index in [4.69, 9.17) is 5.11 Å². The molecule has 1 N–H and O–H groups in total. The van der Waals surface area contributed by atoms with E-state index in [1.807, 2.05) is 0 Å². The second-order valence-electron chi connectivity index (χ2n) is 2.19. The predicted molar refractivity (Wildman–Crippen MR) is 35.7 cm³/mol. The van der Waals surface area contributed by atoms with Crippen LogP contribution in [-0.2, 0) is 12.9 Å². The number of alkyl halides is 3. The Labute approximate surface area is 70.2 Å². The van der Waals surface area contributed by atoms with Gasteiger partial charge in [0.15, 0.2) is 0 Å². The molecule has 72 valence electrons. The van der Waals surface area contributed by atoms with Gasteiger partial charge in [0.1, 0.15) is 12.3 Å². The maximum absolute atomic E-state index is 12.0. The summed E-state index contributed by atoms with van der Waals surface area (Å²) < 4.78 is 36.4. The Morgan fingerprint density at radius 2 is 2.15 bits per heavy atom. The third-order valence-electron chi connectivity index (χ3n) is 1.35. The van der Waals surface area contributed by atoms with Crippen LogP contribution >= 0.6 is 0 Å². The summed E-state index contributed by atoms with van der Waals surface area (Å²) in [6, 6.07) is 0.564. The molecule has 7 heteroatoms. The summed E-state index contributed by atoms with van der Waals surface area (Å²) in [7, 11) is 0. The standard InChI is InChI=1S/C6H5F3N2O2/c7-6(8,9)4-1-2-10-11(3-12)5(4)13/h1-2,12H,3H2. The third-order valence-corrected chi connectivity index (χ3v) is 1.35. The first-order chi connectivity index (χ1) is 5.96. The van der Waals surface area contributed by atoms with Crippen LogP contribution in [0.1, 0.15) is 5.56 Å². The maximum Gasteiger partial charge on any atom is 0.421 e. The van der Waals surface area contributed by atoms with E-state index in [1.165, 1.54) is 0 Å². The molecule has 13 heavy (non-hydrogen) atoms. The lowest BCUT2D eigenvalue weighted by molar-refractivity contribution is -0.139. The van der Waals surface area contributed by atoms with Gasteiger partial charge in [-0.1, -0.05) is 0 Å². The number of aliphatic hydroxyl groups excluding tert-OH is 1. The highest BCUT2D eigenvalue weighted by Gasteiger charge is 2.34. The van der Waals surface area contributed by atoms with Gasteiger partial charge in [-0.05, 0) is 6.07 Å². The third kappa shape index (κ3) is 1.86. The minimum atomic E-state index is -4.71. The lowest BCUT2D eigenvalue weighted by Gasteiger charge is -2.06. The number of hydrogen-bond acceptors (Lipinski definition) is 3. The van der Waals surface area contributed by atoms with Gasteiger partial charge >= 0.3 is 6.18 Å². The second-order valence-corrected chi connectivity index (χ2v) is 2.19. The molecule has 0 saturated heterocycles. The van der Waals surface area contributed by atoms with Gasteiger partial charge in [0.2, 0.25) is 0 Å². The van der Waals surface area contributed by atoms with Crippen molar-refractivity contribution in [3.63, 3.8) is 0 Å². The Bertz CT molecular complexity index is 358. The van der Waals surface area contributed by atoms with Crippen molar-refractivity contribution in [2.75, 3.05) is 0 Å². The van der Waals surface area contributed by atoms with Crippen LogP contribution in [0.5, 0.6) is 0 Å². The van der Waals surface area contributed by atoms with E-state index in [-0.39, 0.29) is 0 Å². The van der Waals surface area contributed by atoms with Crippen LogP contribution in [0.2, 0.25) is 0 Å². The molecular weight excluding hydrogens is 189 g/mol. The van der Waals surface area contributed by atoms with Crippen molar-refractivity contribution >= 4 is 0 Å². The first kappa shape index (κ1) is 9.72. The fourth-order valence-corrected chi connectivity index (χ4v) is 0.768. The molecule has 1 heterocycles. The van der Waals surface area contributed by atoms with Gasteiger partial charge in [0, 0.05) is 6.20 Å². The fraction of sp³-hybridized carbons (Fsp3) is 0.333. The fourth-order valence-electron chi connectivity index (χ4n) is 0.768. The Hall–Kier alpha value is -1.37. The Morgan fingerprint density at radius 1 is 1.54 bits per heavy atom. The average molecular weight is 194 g/mol. The zero-order valence-electron chi connectivity index (χ0n) is 6.25. The molecule has 0 spiro atoms. The van der Waals surface area contributed by atoms with Crippen LogP contribution in [0, 0.1) is 0 Å². The highest BCUT2D eigenvalue weighted by molar-refractivity contribution is 5.10. The zero-order chi connectivity index (χ0) is 10.1. The van der Waals surface area contributed by atoms with Gasteiger partial charge in [0.25, 0.3) is 5.56 Å². The number of hydrogen-bond donors (Lipinski definition) is 1. The van der Waals surface area contributed by atoms with E-state index < -0.39 is 24.0 Å². The first-order valence-electron chi connectivity index (χ1n) is 3.21. The maximum atomic E-state index is 12.0. The van der Waals surface area contributed by atoms with Crippen molar-refractivity contribution in [2.24, 2.45) is 0 Å². The molecule has 0 aromatic carbocycles. The van der Waals surface area contributed by atoms with Gasteiger partial charge < -0.3 is 5.11 Å². The number of nitrogens with zero attached hydrogens (tertiary/aromatic N) is 2. The molecular formula is C6H5F3N2O2. The van der Waals surface area contributed by atoms with Gasteiger partial charge in [-0.25, -0.2) is 4.68 Å². The lowest BCUT2D eigenvalue weighted by atomic mass is 10.3. The van der Waals surface area contributed by atoms with Crippen LogP contribution in [-0.4, -0.2) is 14.9 Å². The second kappa shape index (κ2) is 3.17. The van der Waals surface area contributed by atoms with Gasteiger partial charge in [-0.3, -0.25) is 4.79 Å². The average Bonchev–Trinajstić information content (AvgIpc) is 2.02. The minimum absolute atomic E-state index is 0.322. The molecule has 1 aromatic rings. The summed E-state index contributed by atoms with van der Waals surface area (Å²) in [5, 5.41) is 11.7. The Morgan fingerprint density at radius 3 is 2.62 bits per heavy atom. The van der Waals surface area contributed by atoms with Crippen LogP contribution in [0.15, 0.2) is 17.1 Å². The van der Waals surface area contributed by atoms with Crippen molar-refractivity contribution < 1.29 is 18.3 Å². The van der Waals surface area contributed by atoms with E-state index in [9.17, 15) is 18.0 Å². The molecule has 0 aliphatic heterocycles. The Balaban J connectivity index is 3.33. The van der Waals surface area contributed by atoms with Crippen LogP contribution in [0.4, 0.5) is 13.2 Å². The smallest absolute Gasteiger partial charge is 0.374 e. The monoisotopic (exact) mass is 194 g/mol. The largest absolute Gasteiger partial charge is 0.421 e. The lowest BCUT2D eigenvalue weighted by Crippen LogP contribution is -2.30. The number of aliphatic hydroxyl groups is 1. The van der Waals surface area contributed by atoms with E-state index in [2.05, 4.69) is 5.10 Å². The van der Waals surface area contributed by atoms with Gasteiger partial charge in [-0.15, -0.1) is 0 Å². The van der Waals surface area contributed by atoms with Crippen molar-refractivity contribution in [3.05, 3.63) is 28.2 Å². The molecule has 0 unspecified atom stereocenters. The summed E-state index contributed by atoms with van der Waals surface area (Å²) in [5.74, 6) is 0. The summed E-state index contributed by atoms with van der Waals surface area (Å²) in [6.07, 6.45) is -3.91. The van der Waals surface area contributed by atoms with Crippen LogP contribution < -0.4 is 5.56 Å². The van der Waals surface area contributed by atoms with Crippen molar-refractivity contribution in [3.8, 4) is 0 Å². The molecule has 0 saturated carbocycles. The summed E-state index contributed by atoms with van der Waals surface area (Å²) in [5.41, 5.74) is -2.69. The van der Waals surface area contributed by atoms with E-state index in [1.54, 1.807) is 0 Å². The normalized spacial score (nSPS) is 11.7. The molecule has 4 nitrogen and oxygen atoms in total. The molecule has 0 fully saturated rings. The van der Waals surface area contributed by atoms with Crippen molar-refractivity contribution in [1.29, 1.82) is 0 Å². The SMILES string of the molecule is O=c1c(C(F)(F)F)ccnn1CO. The molecule has 1 rings (SSSR count). The first-order valence-corrected chi connectivity index (χ1v) is 3.21. The predicted octanol–water partition coefficient (Wildman–Crippen LogP) is 0.212. The molecule has 1 aromatic heterocycles. The number of rotatable bonds is 1. The van der Waals surface area contributed by atoms with Gasteiger partial charge in [-0.2, -0.15) is 18.3 Å². The van der Waals surface area contributed by atoms with E-state index in [0.29, 0.717) is 10.7 Å². The van der Waals surface area contributed by atoms with Crippen molar-refractivity contribution in [1.82, 2.24) is 9.78 Å². The minimum Gasteiger partial charge on any atom is -0.374 e. The molecule has 0 atom stereocenters. The van der Waals surface area contributed by atoms with E-state index >= 15 is 0 Å². The van der Waals surface area contributed by atoms with E-state index in [0.717, 1.165) is 6.20 Å². The molecule has 0 aliphatic rings. The summed E-state index contributed by atoms with van der Waals surface area (Å²) in [4.78, 5) is 10.9. The van der Waals surface area contributed by atoms with Crippen molar-refractivity contribution in [2.45, 2.75) is 12.9 Å². The highest BCUT2D eigenvalue weighted by Crippen LogP contribution is 2.25. The highest BCUT2D eigenvalue weighted by atomic mass is 19.4. The Kier molecular flexibility index (Phi) is 2.37. The number of aromatic nitrogens is 2.